The molecule has 0 fully saturated rings. The van der Waals surface area contributed by atoms with Crippen molar-refractivity contribution < 1.29 is 33.5 Å². The summed E-state index contributed by atoms with van der Waals surface area (Å²) in [4.78, 5) is 81.9. The maximum absolute atomic E-state index is 13.7. The topological polar surface area (TPSA) is 171 Å². The Morgan fingerprint density at radius 3 is 1.93 bits per heavy atom. The number of hydrogen-bond acceptors (Lipinski definition) is 9. The van der Waals surface area contributed by atoms with Gasteiger partial charge in [-0.05, 0) is 45.7 Å². The summed E-state index contributed by atoms with van der Waals surface area (Å²) in [6.45, 7) is 9.44. The molecule has 0 spiro atoms. The lowest BCUT2D eigenvalue weighted by Gasteiger charge is -2.35. The minimum atomic E-state index is -1.32. The van der Waals surface area contributed by atoms with Gasteiger partial charge in [0.15, 0.2) is 0 Å². The Kier molecular flexibility index (Phi) is 15.0. The SMILES string of the molecule is CCC(N)C(=O)N(C(=O)[C@H](C)N(C)C(=O)[C@@H](NC(=O)[C@H](C)N(C)C(=O)CNC)C(C)C)[C@@H](C)C(=O)OCc1ccccc1. The Morgan fingerprint density at radius 1 is 0.837 bits per heavy atom. The number of amides is 5. The van der Waals surface area contributed by atoms with E-state index in [0.29, 0.717) is 0 Å². The second kappa shape index (κ2) is 17.3. The van der Waals surface area contributed by atoms with Crippen molar-refractivity contribution in [3.8, 4) is 0 Å². The molecular formula is C30H48N6O7. The van der Waals surface area contributed by atoms with Gasteiger partial charge in [0.1, 0.15) is 30.8 Å². The Bertz CT molecular complexity index is 1130. The van der Waals surface area contributed by atoms with Crippen molar-refractivity contribution in [3.05, 3.63) is 35.9 Å². The van der Waals surface area contributed by atoms with Crippen LogP contribution in [0.2, 0.25) is 0 Å². The van der Waals surface area contributed by atoms with Crippen LogP contribution in [0.1, 0.15) is 53.5 Å². The van der Waals surface area contributed by atoms with Gasteiger partial charge in [-0.15, -0.1) is 0 Å². The van der Waals surface area contributed by atoms with Crippen molar-refractivity contribution in [1.29, 1.82) is 0 Å². The molecule has 13 heteroatoms. The fourth-order valence-corrected chi connectivity index (χ4v) is 4.03. The second-order valence-corrected chi connectivity index (χ2v) is 10.9. The van der Waals surface area contributed by atoms with Gasteiger partial charge in [0.05, 0.1) is 12.6 Å². The van der Waals surface area contributed by atoms with E-state index in [1.165, 1.54) is 32.8 Å². The first-order chi connectivity index (χ1) is 20.1. The molecule has 240 valence electrons. The van der Waals surface area contributed by atoms with Crippen LogP contribution >= 0.6 is 0 Å². The van der Waals surface area contributed by atoms with E-state index in [4.69, 9.17) is 10.5 Å². The zero-order chi connectivity index (χ0) is 33.0. The van der Waals surface area contributed by atoms with E-state index in [9.17, 15) is 28.8 Å². The number of esters is 1. The van der Waals surface area contributed by atoms with Gasteiger partial charge < -0.3 is 30.9 Å². The summed E-state index contributed by atoms with van der Waals surface area (Å²) in [5.41, 5.74) is 6.70. The number of imide groups is 1. The Balaban J connectivity index is 3.16. The second-order valence-electron chi connectivity index (χ2n) is 10.9. The van der Waals surface area contributed by atoms with Crippen molar-refractivity contribution in [2.75, 3.05) is 27.7 Å². The van der Waals surface area contributed by atoms with Gasteiger partial charge in [0.2, 0.25) is 23.6 Å². The quantitative estimate of drug-likeness (QED) is 0.238. The van der Waals surface area contributed by atoms with E-state index in [1.54, 1.807) is 59.0 Å². The van der Waals surface area contributed by atoms with Crippen molar-refractivity contribution >= 4 is 35.5 Å². The highest BCUT2D eigenvalue weighted by molar-refractivity contribution is 6.04. The zero-order valence-corrected chi connectivity index (χ0v) is 26.7. The molecule has 0 aromatic heterocycles. The molecule has 1 aromatic carbocycles. The molecule has 4 N–H and O–H groups in total. The molecule has 5 atom stereocenters. The van der Waals surface area contributed by atoms with Crippen LogP contribution in [0, 0.1) is 5.92 Å². The van der Waals surface area contributed by atoms with E-state index in [2.05, 4.69) is 10.6 Å². The van der Waals surface area contributed by atoms with Crippen LogP contribution in [0.25, 0.3) is 0 Å². The zero-order valence-electron chi connectivity index (χ0n) is 26.7. The standard InChI is InChI=1S/C30H48N6O7/c1-10-23(31)28(40)36(21(6)30(42)43-17-22-14-12-11-13-15-22)27(39)20(5)35(9)29(41)25(18(2)3)33-26(38)19(4)34(8)24(37)16-32-7/h11-15,18-21,23,25,32H,10,16-17,31H2,1-9H3,(H,33,38)/t19-,20-,21-,23?,25-/m0/s1. The Morgan fingerprint density at radius 2 is 1.42 bits per heavy atom. The number of hydrogen-bond donors (Lipinski definition) is 3. The first-order valence-corrected chi connectivity index (χ1v) is 14.4. The first-order valence-electron chi connectivity index (χ1n) is 14.4. The fourth-order valence-electron chi connectivity index (χ4n) is 4.03. The maximum atomic E-state index is 13.7. The summed E-state index contributed by atoms with van der Waals surface area (Å²) < 4.78 is 5.37. The highest BCUT2D eigenvalue weighted by Gasteiger charge is 2.40. The predicted octanol–water partition coefficient (Wildman–Crippen LogP) is 0.265. The normalized spacial score (nSPS) is 14.5. The highest BCUT2D eigenvalue weighted by Crippen LogP contribution is 2.15. The number of ether oxygens (including phenoxy) is 1. The maximum Gasteiger partial charge on any atom is 0.329 e. The number of rotatable bonds is 15. The van der Waals surface area contributed by atoms with Crippen LogP contribution in [-0.4, -0.2) is 108 Å². The molecule has 1 rings (SSSR count). The third kappa shape index (κ3) is 10.1. The average Bonchev–Trinajstić information content (AvgIpc) is 3.00. The van der Waals surface area contributed by atoms with Crippen LogP contribution in [-0.2, 0) is 40.1 Å². The number of benzene rings is 1. The smallest absolute Gasteiger partial charge is 0.329 e. The predicted molar refractivity (Wildman–Crippen MR) is 161 cm³/mol. The number of nitrogens with two attached hydrogens (primary N) is 1. The van der Waals surface area contributed by atoms with Gasteiger partial charge in [-0.25, -0.2) is 4.79 Å². The Hall–Kier alpha value is -3.84. The number of likely N-dealkylation sites (N-methyl/N-ethyl adjacent to an activating group) is 3. The van der Waals surface area contributed by atoms with Crippen molar-refractivity contribution in [1.82, 2.24) is 25.3 Å². The number of nitrogens with one attached hydrogen (secondary N) is 2. The van der Waals surface area contributed by atoms with Gasteiger partial charge in [-0.1, -0.05) is 51.1 Å². The molecule has 0 aliphatic heterocycles. The summed E-state index contributed by atoms with van der Waals surface area (Å²) in [5.74, 6) is -4.24. The first kappa shape index (κ1) is 37.2. The van der Waals surface area contributed by atoms with Crippen LogP contribution in [0.4, 0.5) is 0 Å². The third-order valence-corrected chi connectivity index (χ3v) is 7.38. The van der Waals surface area contributed by atoms with Gasteiger partial charge >= 0.3 is 5.97 Å². The molecular weight excluding hydrogens is 556 g/mol. The number of nitrogens with zero attached hydrogens (tertiary/aromatic N) is 3. The number of carbonyl (C=O) groups is 6. The summed E-state index contributed by atoms with van der Waals surface area (Å²) in [7, 11) is 4.47. The van der Waals surface area contributed by atoms with E-state index >= 15 is 0 Å². The van der Waals surface area contributed by atoms with Gasteiger partial charge in [-0.2, -0.15) is 0 Å². The summed E-state index contributed by atoms with van der Waals surface area (Å²) in [6, 6.07) is 3.43. The number of carbonyl (C=O) groups excluding carboxylic acids is 6. The van der Waals surface area contributed by atoms with Gasteiger partial charge in [0, 0.05) is 14.1 Å². The molecule has 0 bridgehead atoms. The van der Waals surface area contributed by atoms with Crippen LogP contribution in [0.5, 0.6) is 0 Å². The summed E-state index contributed by atoms with van der Waals surface area (Å²) in [6.07, 6.45) is 0.211. The fraction of sp³-hybridized carbons (Fsp3) is 0.600. The highest BCUT2D eigenvalue weighted by atomic mass is 16.5. The lowest BCUT2D eigenvalue weighted by Crippen LogP contribution is -2.61. The minimum absolute atomic E-state index is 0.0398. The van der Waals surface area contributed by atoms with E-state index < -0.39 is 59.8 Å². The molecule has 43 heavy (non-hydrogen) atoms. The molecule has 0 heterocycles. The third-order valence-electron chi connectivity index (χ3n) is 7.38. The van der Waals surface area contributed by atoms with E-state index in [0.717, 1.165) is 15.4 Å². The average molecular weight is 605 g/mol. The largest absolute Gasteiger partial charge is 0.459 e. The van der Waals surface area contributed by atoms with Crippen LogP contribution < -0.4 is 16.4 Å². The molecule has 0 saturated heterocycles. The summed E-state index contributed by atoms with van der Waals surface area (Å²) >= 11 is 0. The molecule has 0 saturated carbocycles. The molecule has 1 unspecified atom stereocenters. The molecule has 0 radical (unpaired) electrons. The minimum Gasteiger partial charge on any atom is -0.459 e. The molecule has 0 aliphatic rings. The van der Waals surface area contributed by atoms with Crippen LogP contribution in [0.15, 0.2) is 30.3 Å². The van der Waals surface area contributed by atoms with Crippen molar-refractivity contribution in [3.63, 3.8) is 0 Å². The summed E-state index contributed by atoms with van der Waals surface area (Å²) in [5, 5.41) is 5.42. The lowest BCUT2D eigenvalue weighted by atomic mass is 10.0. The molecule has 5 amide bonds. The lowest BCUT2D eigenvalue weighted by molar-refractivity contribution is -0.164. The molecule has 0 aliphatic carbocycles. The van der Waals surface area contributed by atoms with E-state index in [-0.39, 0.29) is 31.4 Å². The monoisotopic (exact) mass is 604 g/mol. The van der Waals surface area contributed by atoms with Gasteiger partial charge in [0.25, 0.3) is 5.91 Å². The Labute approximate surface area is 254 Å². The molecule has 1 aromatic rings. The van der Waals surface area contributed by atoms with Crippen molar-refractivity contribution in [2.45, 2.75) is 84.8 Å². The molecule has 13 nitrogen and oxygen atoms in total. The van der Waals surface area contributed by atoms with Crippen molar-refractivity contribution in [2.24, 2.45) is 11.7 Å². The van der Waals surface area contributed by atoms with E-state index in [1.807, 2.05) is 6.07 Å². The van der Waals surface area contributed by atoms with Crippen LogP contribution in [0.3, 0.4) is 0 Å². The van der Waals surface area contributed by atoms with Gasteiger partial charge in [-0.3, -0.25) is 28.9 Å².